The second-order valence-electron chi connectivity index (χ2n) is 8.95. The van der Waals surface area contributed by atoms with E-state index in [2.05, 4.69) is 24.5 Å². The monoisotopic (exact) mass is 430 g/mol. The summed E-state index contributed by atoms with van der Waals surface area (Å²) >= 11 is 0. The molecule has 3 amide bonds. The van der Waals surface area contributed by atoms with Gasteiger partial charge in [-0.15, -0.1) is 0 Å². The van der Waals surface area contributed by atoms with Crippen LogP contribution < -0.4 is 10.6 Å². The van der Waals surface area contributed by atoms with Crippen LogP contribution in [0.5, 0.6) is 0 Å². The highest BCUT2D eigenvalue weighted by molar-refractivity contribution is 6.08. The number of urea groups is 1. The molecule has 166 valence electrons. The lowest BCUT2D eigenvalue weighted by Crippen LogP contribution is -2.40. The summed E-state index contributed by atoms with van der Waals surface area (Å²) in [6, 6.07) is 13.6. The Labute approximate surface area is 189 Å². The normalized spacial score (nSPS) is 13.2. The number of anilines is 1. The molecule has 2 aromatic carbocycles. The largest absolute Gasteiger partial charge is 0.352 e. The minimum absolute atomic E-state index is 0.106. The third-order valence-electron chi connectivity index (χ3n) is 5.87. The van der Waals surface area contributed by atoms with Gasteiger partial charge in [0, 0.05) is 41.8 Å². The van der Waals surface area contributed by atoms with Gasteiger partial charge in [-0.1, -0.05) is 44.2 Å². The van der Waals surface area contributed by atoms with Gasteiger partial charge in [0.2, 0.25) is 0 Å². The number of amides is 3. The average Bonchev–Trinajstić information content (AvgIpc) is 2.77. The van der Waals surface area contributed by atoms with Gasteiger partial charge in [-0.3, -0.25) is 9.78 Å². The van der Waals surface area contributed by atoms with Crippen molar-refractivity contribution in [2.45, 2.75) is 40.7 Å². The van der Waals surface area contributed by atoms with Crippen LogP contribution in [0.4, 0.5) is 10.5 Å². The van der Waals surface area contributed by atoms with Crippen LogP contribution in [-0.2, 0) is 13.0 Å². The molecule has 0 aliphatic carbocycles. The maximum absolute atomic E-state index is 13.2. The van der Waals surface area contributed by atoms with Gasteiger partial charge >= 0.3 is 6.03 Å². The van der Waals surface area contributed by atoms with E-state index in [1.165, 1.54) is 0 Å². The summed E-state index contributed by atoms with van der Waals surface area (Å²) < 4.78 is 0. The van der Waals surface area contributed by atoms with E-state index >= 15 is 0 Å². The third kappa shape index (κ3) is 4.44. The van der Waals surface area contributed by atoms with E-state index in [-0.39, 0.29) is 11.9 Å². The molecular formula is C26H30N4O2. The van der Waals surface area contributed by atoms with Crippen LogP contribution in [0.1, 0.15) is 46.6 Å². The summed E-state index contributed by atoms with van der Waals surface area (Å²) in [7, 11) is 0. The second-order valence-corrected chi connectivity index (χ2v) is 8.95. The highest BCUT2D eigenvalue weighted by Crippen LogP contribution is 2.29. The minimum Gasteiger partial charge on any atom is -0.352 e. The maximum Gasteiger partial charge on any atom is 0.322 e. The Bertz CT molecular complexity index is 1190. The van der Waals surface area contributed by atoms with Crippen LogP contribution in [0, 0.1) is 19.8 Å². The molecule has 2 heterocycles. The zero-order chi connectivity index (χ0) is 22.8. The number of pyridine rings is 1. The molecule has 0 saturated carbocycles. The number of aromatic nitrogens is 1. The van der Waals surface area contributed by atoms with E-state index in [9.17, 15) is 9.59 Å². The van der Waals surface area contributed by atoms with Gasteiger partial charge in [0.05, 0.1) is 17.6 Å². The molecule has 0 fully saturated rings. The molecule has 0 bridgehead atoms. The highest BCUT2D eigenvalue weighted by Gasteiger charge is 2.28. The molecule has 0 unspecified atom stereocenters. The maximum atomic E-state index is 13.2. The quantitative estimate of drug-likeness (QED) is 0.623. The van der Waals surface area contributed by atoms with Crippen molar-refractivity contribution >= 4 is 28.5 Å². The molecule has 32 heavy (non-hydrogen) atoms. The van der Waals surface area contributed by atoms with E-state index in [1.807, 2.05) is 56.3 Å². The number of benzene rings is 2. The molecule has 2 N–H and O–H groups in total. The number of aryl methyl sites for hydroxylation is 2. The van der Waals surface area contributed by atoms with E-state index in [1.54, 1.807) is 4.90 Å². The van der Waals surface area contributed by atoms with Crippen molar-refractivity contribution in [3.63, 3.8) is 0 Å². The van der Waals surface area contributed by atoms with Gasteiger partial charge in [0.25, 0.3) is 5.91 Å². The molecule has 1 aliphatic rings. The predicted molar refractivity (Wildman–Crippen MR) is 128 cm³/mol. The van der Waals surface area contributed by atoms with E-state index in [4.69, 9.17) is 4.98 Å². The molecule has 6 nitrogen and oxygen atoms in total. The number of carbonyl (C=O) groups excluding carboxylic acids is 2. The first kappa shape index (κ1) is 21.8. The van der Waals surface area contributed by atoms with E-state index < -0.39 is 0 Å². The van der Waals surface area contributed by atoms with Crippen LogP contribution >= 0.6 is 0 Å². The van der Waals surface area contributed by atoms with Crippen LogP contribution in [-0.4, -0.2) is 34.9 Å². The Morgan fingerprint density at radius 3 is 2.69 bits per heavy atom. The van der Waals surface area contributed by atoms with Gasteiger partial charge in [-0.2, -0.15) is 0 Å². The molecule has 0 atom stereocenters. The molecule has 4 rings (SSSR count). The van der Waals surface area contributed by atoms with Crippen molar-refractivity contribution in [1.82, 2.24) is 15.2 Å². The molecule has 1 aliphatic heterocycles. The van der Waals surface area contributed by atoms with Crippen molar-refractivity contribution in [3.05, 3.63) is 70.4 Å². The number of rotatable bonds is 4. The summed E-state index contributed by atoms with van der Waals surface area (Å²) in [4.78, 5) is 32.9. The van der Waals surface area contributed by atoms with Crippen molar-refractivity contribution in [2.24, 2.45) is 5.92 Å². The van der Waals surface area contributed by atoms with Crippen LogP contribution in [0.25, 0.3) is 10.9 Å². The third-order valence-corrected chi connectivity index (χ3v) is 5.87. The van der Waals surface area contributed by atoms with Gasteiger partial charge in [-0.05, 0) is 43.0 Å². The lowest BCUT2D eigenvalue weighted by atomic mass is 9.95. The van der Waals surface area contributed by atoms with E-state index in [0.29, 0.717) is 37.5 Å². The molecule has 0 radical (unpaired) electrons. The number of hydrogen-bond acceptors (Lipinski definition) is 3. The lowest BCUT2D eigenvalue weighted by molar-refractivity contribution is 0.0948. The fourth-order valence-corrected chi connectivity index (χ4v) is 4.07. The number of hydrogen-bond donors (Lipinski definition) is 2. The first-order valence-corrected chi connectivity index (χ1v) is 11.2. The Kier molecular flexibility index (Phi) is 6.12. The number of fused-ring (bicyclic) bond motifs is 2. The van der Waals surface area contributed by atoms with Crippen molar-refractivity contribution in [3.8, 4) is 0 Å². The molecule has 0 spiro atoms. The first-order valence-electron chi connectivity index (χ1n) is 11.2. The van der Waals surface area contributed by atoms with E-state index in [0.717, 1.165) is 39.0 Å². The Balaban J connectivity index is 1.66. The molecule has 0 saturated heterocycles. The predicted octanol–water partition coefficient (Wildman–Crippen LogP) is 4.83. The summed E-state index contributed by atoms with van der Waals surface area (Å²) in [5.74, 6) is 0.244. The minimum atomic E-state index is -0.161. The zero-order valence-electron chi connectivity index (χ0n) is 19.2. The van der Waals surface area contributed by atoms with Crippen LogP contribution in [0.15, 0.2) is 42.5 Å². The first-order chi connectivity index (χ1) is 15.3. The molecule has 6 heteroatoms. The number of carbonyl (C=O) groups is 2. The fraction of sp³-hybridized carbons (Fsp3) is 0.346. The van der Waals surface area contributed by atoms with Crippen LogP contribution in [0.2, 0.25) is 0 Å². The van der Waals surface area contributed by atoms with Crippen LogP contribution in [0.3, 0.4) is 0 Å². The standard InChI is InChI=1S/C26H30N4O2/c1-16(2)14-27-25(31)24-19-7-5-6-8-21(19)28-22-11-12-30(15-20(22)24)26(32)29-23-13-17(3)9-10-18(23)4/h5-10,13,16H,11-12,14-15H2,1-4H3,(H,27,31)(H,29,32). The number of nitrogens with zero attached hydrogens (tertiary/aromatic N) is 2. The topological polar surface area (TPSA) is 74.3 Å². The molecule has 3 aromatic rings. The zero-order valence-corrected chi connectivity index (χ0v) is 19.2. The summed E-state index contributed by atoms with van der Waals surface area (Å²) in [6.45, 7) is 9.63. The van der Waals surface area contributed by atoms with Crippen molar-refractivity contribution in [2.75, 3.05) is 18.4 Å². The van der Waals surface area contributed by atoms with Gasteiger partial charge in [-0.25, -0.2) is 4.79 Å². The van der Waals surface area contributed by atoms with Gasteiger partial charge in [0.1, 0.15) is 0 Å². The Hall–Kier alpha value is -3.41. The number of para-hydroxylation sites is 1. The smallest absolute Gasteiger partial charge is 0.322 e. The SMILES string of the molecule is Cc1ccc(C)c(NC(=O)N2CCc3nc4ccccc4c(C(=O)NCC(C)C)c3C2)c1. The Morgan fingerprint density at radius 1 is 1.12 bits per heavy atom. The molecule has 1 aromatic heterocycles. The fourth-order valence-electron chi connectivity index (χ4n) is 4.07. The van der Waals surface area contributed by atoms with Crippen molar-refractivity contribution < 1.29 is 9.59 Å². The highest BCUT2D eigenvalue weighted by atomic mass is 16.2. The summed E-state index contributed by atoms with van der Waals surface area (Å²) in [5, 5.41) is 6.92. The van der Waals surface area contributed by atoms with Gasteiger partial charge < -0.3 is 15.5 Å². The Morgan fingerprint density at radius 2 is 1.91 bits per heavy atom. The summed E-state index contributed by atoms with van der Waals surface area (Å²) in [5.41, 5.74) is 6.11. The summed E-state index contributed by atoms with van der Waals surface area (Å²) in [6.07, 6.45) is 0.616. The number of nitrogens with one attached hydrogen (secondary N) is 2. The van der Waals surface area contributed by atoms with Gasteiger partial charge in [0.15, 0.2) is 0 Å². The average molecular weight is 431 g/mol. The lowest BCUT2D eigenvalue weighted by Gasteiger charge is -2.30. The molecular weight excluding hydrogens is 400 g/mol. The van der Waals surface area contributed by atoms with Crippen molar-refractivity contribution in [1.29, 1.82) is 0 Å². The second kappa shape index (κ2) is 8.99.